The number of carbonyl (C=O) groups excluding carboxylic acids is 1. The van der Waals surface area contributed by atoms with Crippen molar-refractivity contribution in [3.63, 3.8) is 0 Å². The van der Waals surface area contributed by atoms with Crippen molar-refractivity contribution in [2.24, 2.45) is 5.73 Å². The molecule has 0 aromatic heterocycles. The summed E-state index contributed by atoms with van der Waals surface area (Å²) >= 11 is 3.11. The second kappa shape index (κ2) is 8.33. The third-order valence-electron chi connectivity index (χ3n) is 4.45. The van der Waals surface area contributed by atoms with Crippen LogP contribution in [0.25, 0.3) is 0 Å². The first kappa shape index (κ1) is 21.3. The van der Waals surface area contributed by atoms with Crippen molar-refractivity contribution >= 4 is 39.9 Å². The molecule has 0 bridgehead atoms. The standard InChI is InChI=1S/C16H19BrF3N3O2.ClH/c17-10-7-12(15(24)22-3-5-25-6-4-22)14(13(8-10)16(18,19)20)23-2-1-11(21)9-23;/h7-8,11H,1-6,9,21H2;1H/t11-;/m1./s1. The maximum atomic E-state index is 13.6. The van der Waals surface area contributed by atoms with Gasteiger partial charge in [-0.1, -0.05) is 15.9 Å². The summed E-state index contributed by atoms with van der Waals surface area (Å²) < 4.78 is 46.4. The first-order chi connectivity index (χ1) is 11.8. The SMILES string of the molecule is Cl.N[C@@H]1CCN(c2c(C(=O)N3CCOCC3)cc(Br)cc2C(F)(F)F)C1. The van der Waals surface area contributed by atoms with Gasteiger partial charge < -0.3 is 20.3 Å². The highest BCUT2D eigenvalue weighted by Gasteiger charge is 2.39. The summed E-state index contributed by atoms with van der Waals surface area (Å²) in [4.78, 5) is 16.0. The summed E-state index contributed by atoms with van der Waals surface area (Å²) in [6, 6.07) is 2.29. The highest BCUT2D eigenvalue weighted by molar-refractivity contribution is 9.10. The van der Waals surface area contributed by atoms with Gasteiger partial charge in [0, 0.05) is 36.7 Å². The van der Waals surface area contributed by atoms with Crippen LogP contribution < -0.4 is 10.6 Å². The Kier molecular flexibility index (Phi) is 6.81. The molecule has 0 spiro atoms. The number of hydrogen-bond donors (Lipinski definition) is 1. The van der Waals surface area contributed by atoms with Crippen LogP contribution in [0.1, 0.15) is 22.3 Å². The molecule has 2 heterocycles. The van der Waals surface area contributed by atoms with Crippen LogP contribution in [-0.4, -0.2) is 56.2 Å². The van der Waals surface area contributed by atoms with Crippen molar-refractivity contribution in [1.29, 1.82) is 0 Å². The van der Waals surface area contributed by atoms with Gasteiger partial charge in [0.1, 0.15) is 0 Å². The van der Waals surface area contributed by atoms with Gasteiger partial charge >= 0.3 is 6.18 Å². The average molecular weight is 459 g/mol. The minimum atomic E-state index is -4.56. The molecule has 0 unspecified atom stereocenters. The maximum absolute atomic E-state index is 13.6. The highest BCUT2D eigenvalue weighted by atomic mass is 79.9. The lowest BCUT2D eigenvalue weighted by Crippen LogP contribution is -2.41. The van der Waals surface area contributed by atoms with Gasteiger partial charge in [-0.2, -0.15) is 13.2 Å². The number of hydrogen-bond acceptors (Lipinski definition) is 4. The average Bonchev–Trinajstić information content (AvgIpc) is 2.99. The quantitative estimate of drug-likeness (QED) is 0.740. The lowest BCUT2D eigenvalue weighted by atomic mass is 10.0. The Morgan fingerprint density at radius 3 is 2.42 bits per heavy atom. The lowest BCUT2D eigenvalue weighted by molar-refractivity contribution is -0.137. The van der Waals surface area contributed by atoms with Crippen molar-refractivity contribution in [1.82, 2.24) is 4.90 Å². The number of rotatable bonds is 2. The van der Waals surface area contributed by atoms with E-state index >= 15 is 0 Å². The molecule has 1 atom stereocenters. The van der Waals surface area contributed by atoms with Gasteiger partial charge in [-0.3, -0.25) is 4.79 Å². The van der Waals surface area contributed by atoms with Gasteiger partial charge in [-0.05, 0) is 18.6 Å². The Bertz CT molecular complexity index is 669. The van der Waals surface area contributed by atoms with Crippen LogP contribution in [0.3, 0.4) is 0 Å². The van der Waals surface area contributed by atoms with Crippen LogP contribution >= 0.6 is 28.3 Å². The molecule has 26 heavy (non-hydrogen) atoms. The molecule has 1 aromatic carbocycles. The summed E-state index contributed by atoms with van der Waals surface area (Å²) in [6.45, 7) is 2.20. The molecule has 3 rings (SSSR count). The third kappa shape index (κ3) is 4.44. The van der Waals surface area contributed by atoms with Gasteiger partial charge in [0.25, 0.3) is 5.91 Å². The topological polar surface area (TPSA) is 58.8 Å². The summed E-state index contributed by atoms with van der Waals surface area (Å²) in [6.07, 6.45) is -3.97. The molecule has 1 amide bonds. The van der Waals surface area contributed by atoms with Crippen molar-refractivity contribution in [2.75, 3.05) is 44.3 Å². The first-order valence-electron chi connectivity index (χ1n) is 8.05. The molecule has 10 heteroatoms. The third-order valence-corrected chi connectivity index (χ3v) is 4.91. The Hall–Kier alpha value is -1.03. The van der Waals surface area contributed by atoms with Crippen LogP contribution in [0.5, 0.6) is 0 Å². The molecular formula is C16H20BrClF3N3O2. The number of halogens is 5. The van der Waals surface area contributed by atoms with E-state index in [1.165, 1.54) is 11.0 Å². The second-order valence-corrected chi connectivity index (χ2v) is 7.16. The van der Waals surface area contributed by atoms with Gasteiger partial charge in [0.05, 0.1) is 30.0 Å². The van der Waals surface area contributed by atoms with Gasteiger partial charge in [-0.25, -0.2) is 0 Å². The summed E-state index contributed by atoms with van der Waals surface area (Å²) in [5.74, 6) is -0.412. The molecule has 1 aromatic rings. The number of carbonyl (C=O) groups is 1. The largest absolute Gasteiger partial charge is 0.418 e. The predicted molar refractivity (Wildman–Crippen MR) is 97.9 cm³/mol. The minimum Gasteiger partial charge on any atom is -0.378 e. The molecule has 0 radical (unpaired) electrons. The Morgan fingerprint density at radius 2 is 1.88 bits per heavy atom. The van der Waals surface area contributed by atoms with Crippen LogP contribution in [0, 0.1) is 0 Å². The van der Waals surface area contributed by atoms with E-state index in [1.54, 1.807) is 4.90 Å². The molecule has 5 nitrogen and oxygen atoms in total. The smallest absolute Gasteiger partial charge is 0.378 e. The Morgan fingerprint density at radius 1 is 1.23 bits per heavy atom. The maximum Gasteiger partial charge on any atom is 0.418 e. The van der Waals surface area contributed by atoms with E-state index in [0.717, 1.165) is 6.07 Å². The number of nitrogens with two attached hydrogens (primary N) is 1. The molecule has 0 aliphatic carbocycles. The van der Waals surface area contributed by atoms with Crippen molar-refractivity contribution < 1.29 is 22.7 Å². The minimum absolute atomic E-state index is 0. The summed E-state index contributed by atoms with van der Waals surface area (Å²) in [5.41, 5.74) is 5.05. The Balaban J connectivity index is 0.00000243. The predicted octanol–water partition coefficient (Wildman–Crippen LogP) is 2.90. The van der Waals surface area contributed by atoms with Crippen LogP contribution in [-0.2, 0) is 10.9 Å². The molecule has 0 saturated carbocycles. The lowest BCUT2D eigenvalue weighted by Gasteiger charge is -2.31. The zero-order valence-corrected chi connectivity index (χ0v) is 16.3. The van der Waals surface area contributed by atoms with Crippen LogP contribution in [0.2, 0.25) is 0 Å². The first-order valence-corrected chi connectivity index (χ1v) is 8.85. The normalized spacial score (nSPS) is 20.9. The number of benzene rings is 1. The van der Waals surface area contributed by atoms with Gasteiger partial charge in [-0.15, -0.1) is 12.4 Å². The number of anilines is 1. The fourth-order valence-electron chi connectivity index (χ4n) is 3.25. The molecule has 2 fully saturated rings. The van der Waals surface area contributed by atoms with Crippen molar-refractivity contribution in [2.45, 2.75) is 18.6 Å². The fourth-order valence-corrected chi connectivity index (χ4v) is 3.70. The van der Waals surface area contributed by atoms with Crippen LogP contribution in [0.15, 0.2) is 16.6 Å². The molecular weight excluding hydrogens is 439 g/mol. The van der Waals surface area contributed by atoms with Crippen molar-refractivity contribution in [3.05, 3.63) is 27.7 Å². The van der Waals surface area contributed by atoms with E-state index in [1.807, 2.05) is 0 Å². The highest BCUT2D eigenvalue weighted by Crippen LogP contribution is 2.42. The molecule has 146 valence electrons. The number of alkyl halides is 3. The molecule has 2 aliphatic heterocycles. The number of morpholine rings is 1. The summed E-state index contributed by atoms with van der Waals surface area (Å²) in [7, 11) is 0. The van der Waals surface area contributed by atoms with Gasteiger partial charge in [0.15, 0.2) is 0 Å². The van der Waals surface area contributed by atoms with E-state index in [0.29, 0.717) is 45.8 Å². The van der Waals surface area contributed by atoms with Crippen LogP contribution in [0.4, 0.5) is 18.9 Å². The van der Waals surface area contributed by atoms with E-state index in [-0.39, 0.29) is 34.2 Å². The van der Waals surface area contributed by atoms with E-state index < -0.39 is 17.6 Å². The Labute approximate surface area is 164 Å². The zero-order chi connectivity index (χ0) is 18.2. The van der Waals surface area contributed by atoms with E-state index in [4.69, 9.17) is 10.5 Å². The number of nitrogens with zero attached hydrogens (tertiary/aromatic N) is 2. The van der Waals surface area contributed by atoms with Crippen molar-refractivity contribution in [3.8, 4) is 0 Å². The molecule has 2 saturated heterocycles. The molecule has 2 N–H and O–H groups in total. The molecule has 2 aliphatic rings. The summed E-state index contributed by atoms with van der Waals surface area (Å²) in [5, 5.41) is 0. The monoisotopic (exact) mass is 457 g/mol. The number of ether oxygens (including phenoxy) is 1. The number of amides is 1. The van der Waals surface area contributed by atoms with Gasteiger partial charge in [0.2, 0.25) is 0 Å². The fraction of sp³-hybridized carbons (Fsp3) is 0.562. The van der Waals surface area contributed by atoms with E-state index in [2.05, 4.69) is 15.9 Å². The zero-order valence-electron chi connectivity index (χ0n) is 13.9. The second-order valence-electron chi connectivity index (χ2n) is 6.25. The van der Waals surface area contributed by atoms with E-state index in [9.17, 15) is 18.0 Å².